The summed E-state index contributed by atoms with van der Waals surface area (Å²) in [5.74, 6) is 0.575. The van der Waals surface area contributed by atoms with Gasteiger partial charge in [-0.2, -0.15) is 0 Å². The van der Waals surface area contributed by atoms with Crippen molar-refractivity contribution >= 4 is 11.6 Å². The van der Waals surface area contributed by atoms with Gasteiger partial charge in [0.25, 0.3) is 5.91 Å². The van der Waals surface area contributed by atoms with Crippen molar-refractivity contribution in [3.8, 4) is 0 Å². The van der Waals surface area contributed by atoms with Gasteiger partial charge in [-0.1, -0.05) is 29.4 Å². The van der Waals surface area contributed by atoms with E-state index in [0.29, 0.717) is 12.3 Å². The minimum absolute atomic E-state index is 0.0118. The lowest BCUT2D eigenvalue weighted by atomic mass is 10.1. The van der Waals surface area contributed by atoms with Crippen LogP contribution in [0, 0.1) is 5.92 Å². The smallest absolute Gasteiger partial charge is 0.264 e. The predicted octanol–water partition coefficient (Wildman–Crippen LogP) is 1.82. The van der Waals surface area contributed by atoms with Gasteiger partial charge in [0.2, 0.25) is 6.10 Å². The zero-order chi connectivity index (χ0) is 13.5. The summed E-state index contributed by atoms with van der Waals surface area (Å²) in [6.07, 6.45) is 4.52. The molecule has 1 atom stereocenters. The van der Waals surface area contributed by atoms with E-state index < -0.39 is 6.10 Å². The van der Waals surface area contributed by atoms with Gasteiger partial charge in [-0.25, -0.2) is 0 Å². The molecule has 1 aromatic rings. The number of nitrogens with zero attached hydrogens (tertiary/aromatic N) is 1. The number of hydrogen-bond donors (Lipinski definition) is 1. The lowest BCUT2D eigenvalue weighted by Crippen LogP contribution is -2.42. The first kappa shape index (κ1) is 11.9. The van der Waals surface area contributed by atoms with E-state index in [1.54, 1.807) is 0 Å². The third-order valence-corrected chi connectivity index (χ3v) is 4.43. The van der Waals surface area contributed by atoms with Gasteiger partial charge < -0.3 is 10.2 Å². The predicted molar refractivity (Wildman–Crippen MR) is 75.4 cm³/mol. The topological polar surface area (TPSA) is 50.7 Å². The van der Waals surface area contributed by atoms with Crippen molar-refractivity contribution in [2.24, 2.45) is 11.1 Å². The second-order valence-corrected chi connectivity index (χ2v) is 6.04. The molecule has 1 saturated carbocycles. The second kappa shape index (κ2) is 4.62. The highest BCUT2D eigenvalue weighted by molar-refractivity contribution is 5.95. The number of fused-ring (bicyclic) bond motifs is 1. The van der Waals surface area contributed by atoms with Crippen LogP contribution in [0.25, 0.3) is 0 Å². The maximum atomic E-state index is 12.2. The van der Waals surface area contributed by atoms with Gasteiger partial charge in [-0.3, -0.25) is 4.79 Å². The van der Waals surface area contributed by atoms with E-state index >= 15 is 0 Å². The van der Waals surface area contributed by atoms with Crippen LogP contribution in [-0.4, -0.2) is 23.8 Å². The normalized spacial score (nSPS) is 25.0. The summed E-state index contributed by atoms with van der Waals surface area (Å²) in [6.45, 7) is 0. The van der Waals surface area contributed by atoms with Crippen LogP contribution in [0.2, 0.25) is 0 Å². The molecule has 104 valence electrons. The summed E-state index contributed by atoms with van der Waals surface area (Å²) >= 11 is 0. The first-order valence-electron chi connectivity index (χ1n) is 7.39. The minimum atomic E-state index is -0.408. The Balaban J connectivity index is 1.33. The van der Waals surface area contributed by atoms with E-state index in [1.165, 1.54) is 24.0 Å². The van der Waals surface area contributed by atoms with E-state index in [9.17, 15) is 4.79 Å². The lowest BCUT2D eigenvalue weighted by Gasteiger charge is -2.14. The first-order valence-corrected chi connectivity index (χ1v) is 7.39. The van der Waals surface area contributed by atoms with Crippen LogP contribution < -0.4 is 5.32 Å². The quantitative estimate of drug-likeness (QED) is 0.911. The molecule has 1 aliphatic heterocycles. The summed E-state index contributed by atoms with van der Waals surface area (Å²) in [7, 11) is 0. The van der Waals surface area contributed by atoms with Crippen molar-refractivity contribution in [3.63, 3.8) is 0 Å². The van der Waals surface area contributed by atoms with Crippen molar-refractivity contribution in [1.29, 1.82) is 0 Å². The summed E-state index contributed by atoms with van der Waals surface area (Å²) < 4.78 is 0. The van der Waals surface area contributed by atoms with E-state index in [4.69, 9.17) is 4.84 Å². The van der Waals surface area contributed by atoms with Crippen LogP contribution in [0.3, 0.4) is 0 Å². The maximum Gasteiger partial charge on any atom is 0.264 e. The molecule has 0 radical (unpaired) electrons. The number of hydrogen-bond acceptors (Lipinski definition) is 3. The number of oxime groups is 1. The van der Waals surface area contributed by atoms with Gasteiger partial charge in [0.1, 0.15) is 0 Å². The van der Waals surface area contributed by atoms with Crippen LogP contribution in [0.15, 0.2) is 29.4 Å². The molecule has 2 aliphatic carbocycles. The van der Waals surface area contributed by atoms with E-state index in [2.05, 4.69) is 34.7 Å². The van der Waals surface area contributed by atoms with Gasteiger partial charge in [-0.15, -0.1) is 0 Å². The molecule has 1 fully saturated rings. The van der Waals surface area contributed by atoms with Crippen LogP contribution in [0.1, 0.15) is 30.4 Å². The van der Waals surface area contributed by atoms with Crippen molar-refractivity contribution in [2.45, 2.75) is 44.2 Å². The molecule has 1 amide bonds. The van der Waals surface area contributed by atoms with Crippen molar-refractivity contribution in [2.75, 3.05) is 0 Å². The molecule has 1 N–H and O–H groups in total. The fourth-order valence-electron chi connectivity index (χ4n) is 3.15. The molecule has 4 nitrogen and oxygen atoms in total. The van der Waals surface area contributed by atoms with Crippen LogP contribution in [0.4, 0.5) is 0 Å². The molecule has 4 heteroatoms. The summed E-state index contributed by atoms with van der Waals surface area (Å²) in [5, 5.41) is 7.18. The van der Waals surface area contributed by atoms with Crippen molar-refractivity contribution in [3.05, 3.63) is 35.4 Å². The average Bonchev–Trinajstić information content (AvgIpc) is 3.03. The molecule has 0 bridgehead atoms. The Bertz CT molecular complexity index is 553. The SMILES string of the molecule is O=C(NC1Cc2ccccc2C1)C1CC(C2CC2)=NO1. The molecule has 0 saturated heterocycles. The third kappa shape index (κ3) is 2.19. The molecule has 0 aromatic heterocycles. The largest absolute Gasteiger partial charge is 0.382 e. The highest BCUT2D eigenvalue weighted by atomic mass is 16.6. The molecule has 4 rings (SSSR count). The summed E-state index contributed by atoms with van der Waals surface area (Å²) in [4.78, 5) is 17.5. The van der Waals surface area contributed by atoms with Crippen LogP contribution in [0.5, 0.6) is 0 Å². The fourth-order valence-corrected chi connectivity index (χ4v) is 3.15. The minimum Gasteiger partial charge on any atom is -0.382 e. The fraction of sp³-hybridized carbons (Fsp3) is 0.500. The Morgan fingerprint density at radius 3 is 2.50 bits per heavy atom. The molecule has 20 heavy (non-hydrogen) atoms. The van der Waals surface area contributed by atoms with Crippen molar-refractivity contribution < 1.29 is 9.63 Å². The molecule has 1 unspecified atom stereocenters. The highest BCUT2D eigenvalue weighted by Gasteiger charge is 2.37. The van der Waals surface area contributed by atoms with Crippen LogP contribution >= 0.6 is 0 Å². The van der Waals surface area contributed by atoms with E-state index in [0.717, 1.165) is 18.6 Å². The number of amides is 1. The Morgan fingerprint density at radius 1 is 1.15 bits per heavy atom. The summed E-state index contributed by atoms with van der Waals surface area (Å²) in [5.41, 5.74) is 3.78. The maximum absolute atomic E-state index is 12.2. The standard InChI is InChI=1S/C16H18N2O2/c19-16(15-9-14(18-20-15)10-5-6-10)17-13-7-11-3-1-2-4-12(11)8-13/h1-4,10,13,15H,5-9H2,(H,17,19). The Morgan fingerprint density at radius 2 is 1.85 bits per heavy atom. The number of carbonyl (C=O) groups excluding carboxylic acids is 1. The van der Waals surface area contributed by atoms with E-state index in [1.807, 2.05) is 0 Å². The molecule has 1 aromatic carbocycles. The Labute approximate surface area is 118 Å². The number of rotatable bonds is 3. The number of benzene rings is 1. The zero-order valence-electron chi connectivity index (χ0n) is 11.3. The van der Waals surface area contributed by atoms with Gasteiger partial charge >= 0.3 is 0 Å². The molecule has 0 spiro atoms. The number of carbonyl (C=O) groups is 1. The molecular weight excluding hydrogens is 252 g/mol. The Kier molecular flexibility index (Phi) is 2.76. The van der Waals surface area contributed by atoms with Crippen LogP contribution in [-0.2, 0) is 22.5 Å². The monoisotopic (exact) mass is 270 g/mol. The summed E-state index contributed by atoms with van der Waals surface area (Å²) in [6, 6.07) is 8.59. The van der Waals surface area contributed by atoms with Gasteiger partial charge in [0.05, 0.1) is 5.71 Å². The Hall–Kier alpha value is -1.84. The number of nitrogens with one attached hydrogen (secondary N) is 1. The van der Waals surface area contributed by atoms with E-state index in [-0.39, 0.29) is 11.9 Å². The average molecular weight is 270 g/mol. The first-order chi connectivity index (χ1) is 9.79. The second-order valence-electron chi connectivity index (χ2n) is 6.04. The third-order valence-electron chi connectivity index (χ3n) is 4.43. The van der Waals surface area contributed by atoms with Gasteiger partial charge in [-0.05, 0) is 36.8 Å². The van der Waals surface area contributed by atoms with Gasteiger partial charge in [0, 0.05) is 18.4 Å². The van der Waals surface area contributed by atoms with Gasteiger partial charge in [0.15, 0.2) is 0 Å². The molecule has 1 heterocycles. The molecule has 3 aliphatic rings. The zero-order valence-corrected chi connectivity index (χ0v) is 11.3. The lowest BCUT2D eigenvalue weighted by molar-refractivity contribution is -0.131. The molecular formula is C16H18N2O2. The highest BCUT2D eigenvalue weighted by Crippen LogP contribution is 2.34. The van der Waals surface area contributed by atoms with Crippen molar-refractivity contribution in [1.82, 2.24) is 5.32 Å².